The summed E-state index contributed by atoms with van der Waals surface area (Å²) in [5, 5.41) is 5.01. The molecule has 6 nitrogen and oxygen atoms in total. The number of sulfonamides is 2. The van der Waals surface area contributed by atoms with Gasteiger partial charge in [0.05, 0.1) is 0 Å². The minimum absolute atomic E-state index is 0.249. The minimum atomic E-state index is -4.08. The van der Waals surface area contributed by atoms with Crippen LogP contribution in [-0.4, -0.2) is 23.4 Å². The van der Waals surface area contributed by atoms with Crippen molar-refractivity contribution in [1.82, 2.24) is 4.72 Å². The van der Waals surface area contributed by atoms with Crippen LogP contribution in [0, 0.1) is 5.92 Å². The molecule has 0 saturated carbocycles. The number of nitrogens with one attached hydrogen (secondary N) is 1. The molecule has 0 bridgehead atoms. The minimum Gasteiger partial charge on any atom is -0.225 e. The fourth-order valence-electron chi connectivity index (χ4n) is 1.47. The molecule has 0 saturated heterocycles. The quantitative estimate of drug-likeness (QED) is 0.805. The molecule has 0 fully saturated rings. The second-order valence-corrected chi connectivity index (χ2v) is 7.84. The third-order valence-corrected chi connectivity index (χ3v) is 5.08. The lowest BCUT2D eigenvalue weighted by molar-refractivity contribution is 0.548. The molecule has 1 aromatic carbocycles. The number of primary sulfonamides is 1. The summed E-state index contributed by atoms with van der Waals surface area (Å²) in [5.74, 6) is 0.344. The van der Waals surface area contributed by atoms with Gasteiger partial charge in [-0.15, -0.1) is 0 Å². The Balaban J connectivity index is 3.09. The third kappa shape index (κ3) is 4.57. The van der Waals surface area contributed by atoms with E-state index >= 15 is 0 Å². The fourth-order valence-corrected chi connectivity index (χ4v) is 3.89. The van der Waals surface area contributed by atoms with Crippen molar-refractivity contribution in [3.05, 3.63) is 24.3 Å². The molecule has 0 aliphatic heterocycles. The Hall–Kier alpha value is -0.960. The Bertz CT molecular complexity index is 636. The van der Waals surface area contributed by atoms with Crippen molar-refractivity contribution < 1.29 is 16.8 Å². The van der Waals surface area contributed by atoms with Gasteiger partial charge in [-0.25, -0.2) is 26.7 Å². The van der Waals surface area contributed by atoms with Gasteiger partial charge in [0, 0.05) is 6.54 Å². The van der Waals surface area contributed by atoms with Gasteiger partial charge in [-0.3, -0.25) is 0 Å². The van der Waals surface area contributed by atoms with Gasteiger partial charge in [0.25, 0.3) is 0 Å². The molecule has 1 aromatic rings. The van der Waals surface area contributed by atoms with E-state index < -0.39 is 24.9 Å². The largest absolute Gasteiger partial charge is 0.241 e. The number of rotatable bonds is 6. The molecule has 3 N–H and O–H groups in total. The molecule has 0 unspecified atom stereocenters. The van der Waals surface area contributed by atoms with E-state index in [0.717, 1.165) is 0 Å². The molecule has 8 heteroatoms. The first kappa shape index (κ1) is 16.1. The average molecular weight is 306 g/mol. The molecule has 0 spiro atoms. The summed E-state index contributed by atoms with van der Waals surface area (Å²) >= 11 is 0. The Labute approximate surface area is 114 Å². The highest BCUT2D eigenvalue weighted by atomic mass is 32.2. The smallest absolute Gasteiger partial charge is 0.225 e. The van der Waals surface area contributed by atoms with E-state index in [1.165, 1.54) is 24.3 Å². The van der Waals surface area contributed by atoms with Crippen LogP contribution in [0.25, 0.3) is 0 Å². The van der Waals surface area contributed by atoms with Crippen molar-refractivity contribution in [3.8, 4) is 0 Å². The van der Waals surface area contributed by atoms with Gasteiger partial charge in [-0.05, 0) is 24.5 Å². The standard InChI is InChI=1S/C11H18N2O4S2/c1-9(2)7-8-13-19(16,17)11-6-4-3-5-10(11)18(12,14)15/h3-6,9,13H,7-8H2,1-2H3,(H2,12,14,15). The van der Waals surface area contributed by atoms with Gasteiger partial charge in [-0.2, -0.15) is 0 Å². The molecule has 0 aliphatic rings. The van der Waals surface area contributed by atoms with Crippen LogP contribution in [0.1, 0.15) is 20.3 Å². The summed E-state index contributed by atoms with van der Waals surface area (Å²) in [4.78, 5) is -0.715. The van der Waals surface area contributed by atoms with Gasteiger partial charge < -0.3 is 0 Å². The maximum Gasteiger partial charge on any atom is 0.241 e. The summed E-state index contributed by atoms with van der Waals surface area (Å²) < 4.78 is 49.2. The van der Waals surface area contributed by atoms with Crippen molar-refractivity contribution in [3.63, 3.8) is 0 Å². The van der Waals surface area contributed by atoms with Gasteiger partial charge in [0.2, 0.25) is 20.0 Å². The molecule has 0 amide bonds. The molecule has 19 heavy (non-hydrogen) atoms. The zero-order valence-electron chi connectivity index (χ0n) is 10.8. The first-order chi connectivity index (χ1) is 8.64. The monoisotopic (exact) mass is 306 g/mol. The van der Waals surface area contributed by atoms with Crippen molar-refractivity contribution >= 4 is 20.0 Å². The van der Waals surface area contributed by atoms with E-state index in [0.29, 0.717) is 12.3 Å². The van der Waals surface area contributed by atoms with E-state index in [1.807, 2.05) is 13.8 Å². The summed E-state index contributed by atoms with van der Waals surface area (Å²) in [6.07, 6.45) is 0.663. The van der Waals surface area contributed by atoms with Crippen LogP contribution in [0.3, 0.4) is 0 Å². The van der Waals surface area contributed by atoms with Gasteiger partial charge in [-0.1, -0.05) is 26.0 Å². The predicted octanol–water partition coefficient (Wildman–Crippen LogP) is 0.658. The van der Waals surface area contributed by atoms with E-state index in [9.17, 15) is 16.8 Å². The molecule has 0 heterocycles. The van der Waals surface area contributed by atoms with E-state index in [1.54, 1.807) is 0 Å². The second-order valence-electron chi connectivity index (χ2n) is 4.57. The molecule has 0 radical (unpaired) electrons. The fraction of sp³-hybridized carbons (Fsp3) is 0.455. The number of hydrogen-bond donors (Lipinski definition) is 2. The first-order valence-corrected chi connectivity index (χ1v) is 8.79. The third-order valence-electron chi connectivity index (χ3n) is 2.46. The van der Waals surface area contributed by atoms with Crippen molar-refractivity contribution in [1.29, 1.82) is 0 Å². The Morgan fingerprint density at radius 1 is 1.11 bits per heavy atom. The van der Waals surface area contributed by atoms with Crippen molar-refractivity contribution in [2.75, 3.05) is 6.54 Å². The van der Waals surface area contributed by atoms with E-state index in [-0.39, 0.29) is 11.4 Å². The highest BCUT2D eigenvalue weighted by molar-refractivity contribution is 7.92. The molecule has 0 aliphatic carbocycles. The molecule has 0 atom stereocenters. The highest BCUT2D eigenvalue weighted by Crippen LogP contribution is 2.19. The lowest BCUT2D eigenvalue weighted by Crippen LogP contribution is -2.28. The lowest BCUT2D eigenvalue weighted by Gasteiger charge is -2.11. The summed E-state index contributed by atoms with van der Waals surface area (Å²) in [6.45, 7) is 4.18. The lowest BCUT2D eigenvalue weighted by atomic mass is 10.1. The summed E-state index contributed by atoms with van der Waals surface area (Å²) in [5.41, 5.74) is 0. The molecular formula is C11H18N2O4S2. The van der Waals surface area contributed by atoms with Gasteiger partial charge in [0.15, 0.2) is 0 Å². The Morgan fingerprint density at radius 2 is 1.63 bits per heavy atom. The number of hydrogen-bond acceptors (Lipinski definition) is 4. The van der Waals surface area contributed by atoms with Crippen LogP contribution in [0.5, 0.6) is 0 Å². The Kier molecular flexibility index (Phi) is 5.08. The maximum atomic E-state index is 12.1. The zero-order chi connectivity index (χ0) is 14.7. The molecule has 1 rings (SSSR count). The normalized spacial score (nSPS) is 12.8. The summed E-state index contributed by atoms with van der Waals surface area (Å²) in [6, 6.07) is 5.27. The van der Waals surface area contributed by atoms with Crippen LogP contribution >= 0.6 is 0 Å². The molecular weight excluding hydrogens is 288 g/mol. The number of nitrogens with two attached hydrogens (primary N) is 1. The number of benzene rings is 1. The van der Waals surface area contributed by atoms with Crippen molar-refractivity contribution in [2.24, 2.45) is 11.1 Å². The van der Waals surface area contributed by atoms with Crippen LogP contribution in [0.4, 0.5) is 0 Å². The molecule has 0 aromatic heterocycles. The SMILES string of the molecule is CC(C)CCNS(=O)(=O)c1ccccc1S(N)(=O)=O. The molecule has 108 valence electrons. The van der Waals surface area contributed by atoms with Gasteiger partial charge in [0.1, 0.15) is 9.79 Å². The first-order valence-electron chi connectivity index (χ1n) is 5.76. The van der Waals surface area contributed by atoms with Crippen LogP contribution in [-0.2, 0) is 20.0 Å². The Morgan fingerprint density at radius 3 is 2.11 bits per heavy atom. The van der Waals surface area contributed by atoms with E-state index in [4.69, 9.17) is 5.14 Å². The van der Waals surface area contributed by atoms with Crippen LogP contribution in [0.2, 0.25) is 0 Å². The highest BCUT2D eigenvalue weighted by Gasteiger charge is 2.23. The zero-order valence-corrected chi connectivity index (χ0v) is 12.5. The van der Waals surface area contributed by atoms with E-state index in [2.05, 4.69) is 4.72 Å². The summed E-state index contributed by atoms with van der Waals surface area (Å²) in [7, 11) is -7.96. The van der Waals surface area contributed by atoms with Crippen LogP contribution < -0.4 is 9.86 Å². The topological polar surface area (TPSA) is 106 Å². The average Bonchev–Trinajstić information content (AvgIpc) is 2.27. The van der Waals surface area contributed by atoms with Crippen LogP contribution in [0.15, 0.2) is 34.1 Å². The maximum absolute atomic E-state index is 12.1. The predicted molar refractivity (Wildman–Crippen MR) is 72.5 cm³/mol. The second kappa shape index (κ2) is 6.00. The van der Waals surface area contributed by atoms with Crippen molar-refractivity contribution in [2.45, 2.75) is 30.1 Å². The van der Waals surface area contributed by atoms with Gasteiger partial charge >= 0.3 is 0 Å².